The maximum absolute atomic E-state index is 13.5. The van der Waals surface area contributed by atoms with Gasteiger partial charge in [-0.2, -0.15) is 0 Å². The Labute approximate surface area is 172 Å². The number of amides is 3. The summed E-state index contributed by atoms with van der Waals surface area (Å²) in [7, 11) is 0. The third-order valence-corrected chi connectivity index (χ3v) is 6.82. The molecule has 1 aliphatic carbocycles. The first-order valence-electron chi connectivity index (χ1n) is 11.2. The van der Waals surface area contributed by atoms with Crippen molar-refractivity contribution in [2.24, 2.45) is 5.92 Å². The van der Waals surface area contributed by atoms with Gasteiger partial charge < -0.3 is 24.6 Å². The average molecular weight is 408 g/mol. The molecule has 162 valence electrons. The second-order valence-corrected chi connectivity index (χ2v) is 8.78. The van der Waals surface area contributed by atoms with Gasteiger partial charge in [-0.3, -0.25) is 9.59 Å². The van der Waals surface area contributed by atoms with Gasteiger partial charge in [0.05, 0.1) is 19.3 Å². The van der Waals surface area contributed by atoms with Crippen molar-refractivity contribution < 1.29 is 23.9 Å². The standard InChI is InChI=1S/C21H33N3O5/c25-17-14-29-18-7-4-8-24(19(17)18)20(26)16(13-15-5-2-1-3-6-15)22-21(27)23-9-11-28-12-10-23/h15-16,18-19H,1-14H2,(H,22,27)/t16-,18+,19+/m0/s1. The molecule has 3 atom stereocenters. The maximum Gasteiger partial charge on any atom is 0.318 e. The summed E-state index contributed by atoms with van der Waals surface area (Å²) in [6, 6.07) is -1.27. The summed E-state index contributed by atoms with van der Waals surface area (Å²) in [6.45, 7) is 2.77. The molecule has 3 aliphatic heterocycles. The summed E-state index contributed by atoms with van der Waals surface area (Å²) < 4.78 is 10.9. The average Bonchev–Trinajstić information content (AvgIpc) is 3.15. The maximum atomic E-state index is 13.5. The van der Waals surface area contributed by atoms with E-state index in [1.54, 1.807) is 9.80 Å². The fourth-order valence-electron chi connectivity index (χ4n) is 5.22. The van der Waals surface area contributed by atoms with Crippen molar-refractivity contribution in [2.75, 3.05) is 39.5 Å². The highest BCUT2D eigenvalue weighted by Crippen LogP contribution is 2.30. The second-order valence-electron chi connectivity index (χ2n) is 8.78. The molecule has 3 heterocycles. The van der Waals surface area contributed by atoms with E-state index in [4.69, 9.17) is 9.47 Å². The largest absolute Gasteiger partial charge is 0.378 e. The van der Waals surface area contributed by atoms with Crippen LogP contribution in [0.1, 0.15) is 51.4 Å². The number of hydrogen-bond acceptors (Lipinski definition) is 5. The van der Waals surface area contributed by atoms with Gasteiger partial charge in [0.25, 0.3) is 0 Å². The van der Waals surface area contributed by atoms with Crippen LogP contribution >= 0.6 is 0 Å². The number of carbonyl (C=O) groups excluding carboxylic acids is 3. The van der Waals surface area contributed by atoms with Gasteiger partial charge in [0.15, 0.2) is 5.78 Å². The number of nitrogens with zero attached hydrogens (tertiary/aromatic N) is 2. The third kappa shape index (κ3) is 4.74. The molecule has 0 spiro atoms. The van der Waals surface area contributed by atoms with Crippen molar-refractivity contribution in [3.63, 3.8) is 0 Å². The van der Waals surface area contributed by atoms with Crippen molar-refractivity contribution in [1.82, 2.24) is 15.1 Å². The highest BCUT2D eigenvalue weighted by atomic mass is 16.5. The summed E-state index contributed by atoms with van der Waals surface area (Å²) in [5, 5.41) is 3.01. The Morgan fingerprint density at radius 2 is 1.79 bits per heavy atom. The Morgan fingerprint density at radius 1 is 1.03 bits per heavy atom. The molecule has 29 heavy (non-hydrogen) atoms. The van der Waals surface area contributed by atoms with Gasteiger partial charge in [-0.25, -0.2) is 4.79 Å². The second kappa shape index (κ2) is 9.43. The topological polar surface area (TPSA) is 88.2 Å². The zero-order valence-corrected chi connectivity index (χ0v) is 17.1. The van der Waals surface area contributed by atoms with Crippen LogP contribution in [0.2, 0.25) is 0 Å². The number of carbonyl (C=O) groups is 3. The SMILES string of the molecule is O=C1CO[C@@H]2CCCN(C(=O)[C@H](CC3CCCCC3)NC(=O)N3CCOCC3)[C@H]12. The van der Waals surface area contributed by atoms with Crippen LogP contribution in [0, 0.1) is 5.92 Å². The van der Waals surface area contributed by atoms with E-state index < -0.39 is 12.1 Å². The van der Waals surface area contributed by atoms with Crippen LogP contribution in [0.3, 0.4) is 0 Å². The zero-order chi connectivity index (χ0) is 20.2. The number of fused-ring (bicyclic) bond motifs is 1. The number of hydrogen-bond donors (Lipinski definition) is 1. The van der Waals surface area contributed by atoms with Crippen LogP contribution in [-0.4, -0.2) is 85.2 Å². The summed E-state index contributed by atoms with van der Waals surface area (Å²) in [4.78, 5) is 42.1. The molecule has 8 nitrogen and oxygen atoms in total. The van der Waals surface area contributed by atoms with Gasteiger partial charge in [0, 0.05) is 19.6 Å². The van der Waals surface area contributed by atoms with Crippen LogP contribution in [0.15, 0.2) is 0 Å². The molecular weight excluding hydrogens is 374 g/mol. The molecule has 3 saturated heterocycles. The molecular formula is C21H33N3O5. The summed E-state index contributed by atoms with van der Waals surface area (Å²) >= 11 is 0. The fourth-order valence-corrected chi connectivity index (χ4v) is 5.22. The van der Waals surface area contributed by atoms with Gasteiger partial charge in [-0.1, -0.05) is 32.1 Å². The number of urea groups is 1. The molecule has 3 amide bonds. The molecule has 0 aromatic carbocycles. The number of piperidine rings is 1. The lowest BCUT2D eigenvalue weighted by atomic mass is 9.84. The highest BCUT2D eigenvalue weighted by molar-refractivity contribution is 5.94. The molecule has 1 saturated carbocycles. The first-order chi connectivity index (χ1) is 14.1. The molecule has 4 rings (SSSR count). The molecule has 0 unspecified atom stereocenters. The van der Waals surface area contributed by atoms with Crippen LogP contribution in [-0.2, 0) is 19.1 Å². The van der Waals surface area contributed by atoms with E-state index in [0.717, 1.165) is 25.7 Å². The molecule has 4 fully saturated rings. The van der Waals surface area contributed by atoms with Crippen molar-refractivity contribution in [3.05, 3.63) is 0 Å². The number of likely N-dealkylation sites (tertiary alicyclic amines) is 1. The number of rotatable bonds is 4. The molecule has 0 aromatic heterocycles. The Hall–Kier alpha value is -1.67. The Morgan fingerprint density at radius 3 is 2.55 bits per heavy atom. The van der Waals surface area contributed by atoms with E-state index in [1.807, 2.05) is 0 Å². The van der Waals surface area contributed by atoms with Crippen LogP contribution in [0.25, 0.3) is 0 Å². The fraction of sp³-hybridized carbons (Fsp3) is 0.857. The molecule has 8 heteroatoms. The molecule has 0 aromatic rings. The summed E-state index contributed by atoms with van der Waals surface area (Å²) in [5.41, 5.74) is 0. The van der Waals surface area contributed by atoms with Crippen LogP contribution < -0.4 is 5.32 Å². The normalized spacial score (nSPS) is 29.4. The number of Topliss-reactive ketones (excluding diaryl/α,β-unsaturated/α-hetero) is 1. The quantitative estimate of drug-likeness (QED) is 0.760. The Kier molecular flexibility index (Phi) is 6.70. The predicted octanol–water partition coefficient (Wildman–Crippen LogP) is 1.33. The monoisotopic (exact) mass is 407 g/mol. The van der Waals surface area contributed by atoms with Crippen LogP contribution in [0.5, 0.6) is 0 Å². The van der Waals surface area contributed by atoms with E-state index in [9.17, 15) is 14.4 Å². The van der Waals surface area contributed by atoms with E-state index in [0.29, 0.717) is 45.2 Å². The lowest BCUT2D eigenvalue weighted by Gasteiger charge is -2.39. The zero-order valence-electron chi connectivity index (χ0n) is 17.1. The Bertz CT molecular complexity index is 615. The predicted molar refractivity (Wildman–Crippen MR) is 105 cm³/mol. The van der Waals surface area contributed by atoms with Crippen molar-refractivity contribution in [2.45, 2.75) is 69.6 Å². The molecule has 1 N–H and O–H groups in total. The van der Waals surface area contributed by atoms with E-state index >= 15 is 0 Å². The molecule has 0 bridgehead atoms. The first-order valence-corrected chi connectivity index (χ1v) is 11.2. The lowest BCUT2D eigenvalue weighted by Crippen LogP contribution is -2.59. The molecule has 0 radical (unpaired) electrons. The van der Waals surface area contributed by atoms with Crippen molar-refractivity contribution in [3.8, 4) is 0 Å². The third-order valence-electron chi connectivity index (χ3n) is 6.82. The highest BCUT2D eigenvalue weighted by Gasteiger charge is 2.46. The Balaban J connectivity index is 1.47. The minimum Gasteiger partial charge on any atom is -0.378 e. The lowest BCUT2D eigenvalue weighted by molar-refractivity contribution is -0.142. The van der Waals surface area contributed by atoms with Gasteiger partial charge in [0.1, 0.15) is 18.7 Å². The van der Waals surface area contributed by atoms with Gasteiger partial charge >= 0.3 is 6.03 Å². The minimum absolute atomic E-state index is 0.0148. The molecule has 4 aliphatic rings. The summed E-state index contributed by atoms with van der Waals surface area (Å²) in [5.74, 6) is 0.309. The van der Waals surface area contributed by atoms with E-state index in [-0.39, 0.29) is 30.4 Å². The van der Waals surface area contributed by atoms with Crippen LogP contribution in [0.4, 0.5) is 4.79 Å². The number of ether oxygens (including phenoxy) is 2. The number of ketones is 1. The first kappa shape index (κ1) is 20.6. The van der Waals surface area contributed by atoms with E-state index in [2.05, 4.69) is 5.32 Å². The van der Waals surface area contributed by atoms with E-state index in [1.165, 1.54) is 19.3 Å². The smallest absolute Gasteiger partial charge is 0.318 e. The van der Waals surface area contributed by atoms with Gasteiger partial charge in [-0.15, -0.1) is 0 Å². The summed E-state index contributed by atoms with van der Waals surface area (Å²) in [6.07, 6.45) is 7.92. The van der Waals surface area contributed by atoms with Crippen molar-refractivity contribution >= 4 is 17.7 Å². The van der Waals surface area contributed by atoms with Gasteiger partial charge in [-0.05, 0) is 25.2 Å². The van der Waals surface area contributed by atoms with Gasteiger partial charge in [0.2, 0.25) is 5.91 Å². The minimum atomic E-state index is -0.583. The number of morpholine rings is 1. The number of nitrogens with one attached hydrogen (secondary N) is 1. The van der Waals surface area contributed by atoms with Crippen molar-refractivity contribution in [1.29, 1.82) is 0 Å².